The van der Waals surface area contributed by atoms with Gasteiger partial charge in [0.05, 0.1) is 6.04 Å². The molecule has 0 radical (unpaired) electrons. The van der Waals surface area contributed by atoms with Crippen molar-refractivity contribution in [2.24, 2.45) is 4.99 Å². The van der Waals surface area contributed by atoms with E-state index in [9.17, 15) is 0 Å². The zero-order valence-corrected chi connectivity index (χ0v) is 10.3. The molecule has 0 amide bonds. The lowest BCUT2D eigenvalue weighted by molar-refractivity contribution is 0.365. The molecule has 0 bridgehead atoms. The molecule has 0 aromatic heterocycles. The van der Waals surface area contributed by atoms with E-state index in [-0.39, 0.29) is 0 Å². The van der Waals surface area contributed by atoms with Gasteiger partial charge in [-0.15, -0.1) is 0 Å². The molecule has 1 saturated carbocycles. The number of hydrogen-bond acceptors (Lipinski definition) is 2. The number of likely N-dealkylation sites (N-methyl/N-ethyl adjacent to an activating group) is 1. The molecule has 1 rings (SSSR count). The van der Waals surface area contributed by atoms with E-state index < -0.39 is 0 Å². The summed E-state index contributed by atoms with van der Waals surface area (Å²) in [5, 5.41) is 6.97. The second-order valence-electron chi connectivity index (χ2n) is 4.36. The molecule has 3 nitrogen and oxygen atoms in total. The molecule has 1 aliphatic rings. The first kappa shape index (κ1) is 12.5. The molecule has 2 N–H and O–H groups in total. The first-order valence-electron chi connectivity index (χ1n) is 6.24. The van der Waals surface area contributed by atoms with Gasteiger partial charge in [-0.25, -0.2) is 0 Å². The molecule has 0 aromatic rings. The van der Waals surface area contributed by atoms with Gasteiger partial charge in [-0.05, 0) is 26.7 Å². The Balaban J connectivity index is 2.35. The minimum absolute atomic E-state index is 0.359. The maximum Gasteiger partial charge on any atom is 0.113 e. The SMILES string of the molecule is CCNC(=NC)C(C)NC1CCCCC1. The molecule has 0 spiro atoms. The van der Waals surface area contributed by atoms with Crippen LogP contribution in [0.3, 0.4) is 0 Å². The molecule has 88 valence electrons. The normalized spacial score (nSPS) is 21.4. The van der Waals surface area contributed by atoms with Crippen molar-refractivity contribution in [3.05, 3.63) is 0 Å². The average Bonchev–Trinajstić information content (AvgIpc) is 2.27. The van der Waals surface area contributed by atoms with Crippen LogP contribution in [0.15, 0.2) is 4.99 Å². The van der Waals surface area contributed by atoms with Crippen LogP contribution in [0.25, 0.3) is 0 Å². The second kappa shape index (κ2) is 6.83. The smallest absolute Gasteiger partial charge is 0.113 e. The average molecular weight is 211 g/mol. The molecule has 1 atom stereocenters. The summed E-state index contributed by atoms with van der Waals surface area (Å²) in [4.78, 5) is 4.29. The largest absolute Gasteiger partial charge is 0.373 e. The van der Waals surface area contributed by atoms with E-state index >= 15 is 0 Å². The molecule has 0 aliphatic heterocycles. The Morgan fingerprint density at radius 1 is 1.33 bits per heavy atom. The molecule has 1 unspecified atom stereocenters. The van der Waals surface area contributed by atoms with Gasteiger partial charge in [0.15, 0.2) is 0 Å². The molecular formula is C12H25N3. The van der Waals surface area contributed by atoms with Crippen molar-refractivity contribution >= 4 is 5.84 Å². The van der Waals surface area contributed by atoms with E-state index in [4.69, 9.17) is 0 Å². The number of nitrogens with one attached hydrogen (secondary N) is 2. The van der Waals surface area contributed by atoms with Gasteiger partial charge in [-0.1, -0.05) is 19.3 Å². The van der Waals surface area contributed by atoms with Crippen molar-refractivity contribution in [3.8, 4) is 0 Å². The monoisotopic (exact) mass is 211 g/mol. The molecule has 0 aromatic carbocycles. The Bertz CT molecular complexity index is 195. The van der Waals surface area contributed by atoms with Gasteiger partial charge in [-0.3, -0.25) is 4.99 Å². The van der Waals surface area contributed by atoms with Gasteiger partial charge in [-0.2, -0.15) is 0 Å². The molecule has 0 saturated heterocycles. The van der Waals surface area contributed by atoms with Crippen LogP contribution in [-0.4, -0.2) is 31.5 Å². The van der Waals surface area contributed by atoms with Crippen LogP contribution >= 0.6 is 0 Å². The quantitative estimate of drug-likeness (QED) is 0.551. The second-order valence-corrected chi connectivity index (χ2v) is 4.36. The summed E-state index contributed by atoms with van der Waals surface area (Å²) in [7, 11) is 1.86. The van der Waals surface area contributed by atoms with Crippen LogP contribution in [0.5, 0.6) is 0 Å². The topological polar surface area (TPSA) is 36.4 Å². The number of amidine groups is 1. The van der Waals surface area contributed by atoms with Gasteiger partial charge in [0.2, 0.25) is 0 Å². The van der Waals surface area contributed by atoms with Gasteiger partial charge in [0.25, 0.3) is 0 Å². The van der Waals surface area contributed by atoms with Crippen molar-refractivity contribution in [2.75, 3.05) is 13.6 Å². The molecule has 0 heterocycles. The van der Waals surface area contributed by atoms with Crippen LogP contribution in [0, 0.1) is 0 Å². The van der Waals surface area contributed by atoms with E-state index in [1.807, 2.05) is 7.05 Å². The maximum absolute atomic E-state index is 4.29. The highest BCUT2D eigenvalue weighted by atomic mass is 15.1. The van der Waals surface area contributed by atoms with Gasteiger partial charge in [0, 0.05) is 19.6 Å². The van der Waals surface area contributed by atoms with E-state index in [1.54, 1.807) is 0 Å². The Morgan fingerprint density at radius 2 is 2.00 bits per heavy atom. The number of hydrogen-bond donors (Lipinski definition) is 2. The summed E-state index contributed by atoms with van der Waals surface area (Å²) in [5.74, 6) is 1.09. The van der Waals surface area contributed by atoms with E-state index in [2.05, 4.69) is 29.5 Å². The summed E-state index contributed by atoms with van der Waals surface area (Å²) < 4.78 is 0. The van der Waals surface area contributed by atoms with Gasteiger partial charge < -0.3 is 10.6 Å². The lowest BCUT2D eigenvalue weighted by Crippen LogP contribution is -2.47. The van der Waals surface area contributed by atoms with Crippen molar-refractivity contribution in [1.82, 2.24) is 10.6 Å². The number of nitrogens with zero attached hydrogens (tertiary/aromatic N) is 1. The lowest BCUT2D eigenvalue weighted by Gasteiger charge is -2.27. The molecule has 1 aliphatic carbocycles. The fraction of sp³-hybridized carbons (Fsp3) is 0.917. The van der Waals surface area contributed by atoms with Crippen LogP contribution in [0.1, 0.15) is 46.0 Å². The predicted octanol–water partition coefficient (Wildman–Crippen LogP) is 1.93. The molecule has 15 heavy (non-hydrogen) atoms. The first-order chi connectivity index (χ1) is 7.27. The Hall–Kier alpha value is -0.570. The maximum atomic E-state index is 4.29. The van der Waals surface area contributed by atoms with E-state index in [0.717, 1.165) is 12.4 Å². The van der Waals surface area contributed by atoms with Crippen molar-refractivity contribution in [3.63, 3.8) is 0 Å². The lowest BCUT2D eigenvalue weighted by atomic mass is 9.95. The third kappa shape index (κ3) is 4.20. The Kier molecular flexibility index (Phi) is 5.69. The van der Waals surface area contributed by atoms with Crippen LogP contribution in [-0.2, 0) is 0 Å². The standard InChI is InChI=1S/C12H25N3/c1-4-14-12(13-3)10(2)15-11-8-6-5-7-9-11/h10-11,15H,4-9H2,1-3H3,(H,13,14). The Morgan fingerprint density at radius 3 is 2.53 bits per heavy atom. The fourth-order valence-corrected chi connectivity index (χ4v) is 2.31. The minimum atomic E-state index is 0.359. The van der Waals surface area contributed by atoms with Crippen LogP contribution in [0.4, 0.5) is 0 Å². The third-order valence-corrected chi connectivity index (χ3v) is 3.10. The van der Waals surface area contributed by atoms with Gasteiger partial charge in [0.1, 0.15) is 5.84 Å². The molecule has 3 heteroatoms. The summed E-state index contributed by atoms with van der Waals surface area (Å²) in [5.41, 5.74) is 0. The van der Waals surface area contributed by atoms with Crippen molar-refractivity contribution in [2.45, 2.75) is 58.0 Å². The zero-order valence-electron chi connectivity index (χ0n) is 10.3. The minimum Gasteiger partial charge on any atom is -0.373 e. The van der Waals surface area contributed by atoms with E-state index in [0.29, 0.717) is 12.1 Å². The fourth-order valence-electron chi connectivity index (χ4n) is 2.31. The highest BCUT2D eigenvalue weighted by Gasteiger charge is 2.17. The third-order valence-electron chi connectivity index (χ3n) is 3.10. The summed E-state index contributed by atoms with van der Waals surface area (Å²) in [6, 6.07) is 1.06. The molecular weight excluding hydrogens is 186 g/mol. The van der Waals surface area contributed by atoms with E-state index in [1.165, 1.54) is 32.1 Å². The van der Waals surface area contributed by atoms with Crippen molar-refractivity contribution < 1.29 is 0 Å². The zero-order chi connectivity index (χ0) is 11.1. The Labute approximate surface area is 93.7 Å². The first-order valence-corrected chi connectivity index (χ1v) is 6.24. The van der Waals surface area contributed by atoms with Crippen LogP contribution < -0.4 is 10.6 Å². The highest BCUT2D eigenvalue weighted by molar-refractivity contribution is 5.86. The van der Waals surface area contributed by atoms with Crippen molar-refractivity contribution in [1.29, 1.82) is 0 Å². The number of aliphatic imine (C=N–C) groups is 1. The van der Waals surface area contributed by atoms with Crippen LogP contribution in [0.2, 0.25) is 0 Å². The molecule has 1 fully saturated rings. The van der Waals surface area contributed by atoms with Gasteiger partial charge >= 0.3 is 0 Å². The predicted molar refractivity (Wildman–Crippen MR) is 66.5 cm³/mol. The summed E-state index contributed by atoms with van der Waals surface area (Å²) in [6.45, 7) is 5.25. The summed E-state index contributed by atoms with van der Waals surface area (Å²) >= 11 is 0. The number of rotatable bonds is 4. The summed E-state index contributed by atoms with van der Waals surface area (Å²) in [6.07, 6.45) is 6.82. The highest BCUT2D eigenvalue weighted by Crippen LogP contribution is 2.17.